The molecule has 0 saturated heterocycles. The van der Waals surface area contributed by atoms with E-state index in [0.717, 1.165) is 27.8 Å². The predicted molar refractivity (Wildman–Crippen MR) is 178 cm³/mol. The van der Waals surface area contributed by atoms with Crippen molar-refractivity contribution >= 4 is 88.2 Å². The van der Waals surface area contributed by atoms with Crippen molar-refractivity contribution < 1.29 is 14.3 Å². The Morgan fingerprint density at radius 1 is 0.952 bits per heavy atom. The first kappa shape index (κ1) is 34.7. The lowest BCUT2D eigenvalue weighted by atomic mass is 10.1. The summed E-state index contributed by atoms with van der Waals surface area (Å²) in [4.78, 5) is 33.2. The predicted octanol–water partition coefficient (Wildman–Crippen LogP) is 7.13. The number of aryl methyl sites for hydroxylation is 1. The molecule has 3 aromatic carbocycles. The molecule has 0 fully saturated rings. The van der Waals surface area contributed by atoms with E-state index in [2.05, 4.69) is 10.3 Å². The average molecular weight is 650 g/mol. The van der Waals surface area contributed by atoms with Crippen molar-refractivity contribution in [1.29, 1.82) is 0 Å². The molecule has 11 heteroatoms. The number of hydrogen-bond donors (Lipinski definition) is 1. The largest absolute Gasteiger partial charge is 0.487 e. The third-order valence-electron chi connectivity index (χ3n) is 6.35. The van der Waals surface area contributed by atoms with Crippen molar-refractivity contribution in [2.75, 3.05) is 37.5 Å². The molecule has 0 radical (unpaired) electrons. The Kier molecular flexibility index (Phi) is 12.9. The van der Waals surface area contributed by atoms with Crippen molar-refractivity contribution in [3.63, 3.8) is 0 Å². The Balaban J connectivity index is 0.00000308. The van der Waals surface area contributed by atoms with E-state index in [0.29, 0.717) is 27.0 Å². The summed E-state index contributed by atoms with van der Waals surface area (Å²) >= 11 is 13.2. The molecule has 0 bridgehead atoms. The van der Waals surface area contributed by atoms with E-state index in [4.69, 9.17) is 27.9 Å². The molecule has 4 aromatic rings. The van der Waals surface area contributed by atoms with Crippen LogP contribution < -0.4 is 19.9 Å². The molecule has 1 heterocycles. The highest BCUT2D eigenvalue weighted by molar-refractivity contribution is 6.38. The van der Waals surface area contributed by atoms with Crippen LogP contribution in [-0.2, 0) is 16.2 Å². The number of hydrogen-bond acceptors (Lipinski definition) is 5. The quantitative estimate of drug-likeness (QED) is 0.195. The van der Waals surface area contributed by atoms with Gasteiger partial charge in [-0.15, -0.1) is 24.8 Å². The number of fused-ring (bicyclic) bond motifs is 1. The Labute approximate surface area is 268 Å². The van der Waals surface area contributed by atoms with Crippen molar-refractivity contribution in [2.24, 2.45) is 0 Å². The molecule has 0 aliphatic carbocycles. The number of benzene rings is 3. The van der Waals surface area contributed by atoms with Crippen LogP contribution in [0, 0.1) is 6.92 Å². The molecule has 1 N–H and O–H groups in total. The van der Waals surface area contributed by atoms with Gasteiger partial charge in [-0.25, -0.2) is 4.98 Å². The first-order valence-electron chi connectivity index (χ1n) is 12.6. The summed E-state index contributed by atoms with van der Waals surface area (Å²) in [6.45, 7) is 1.80. The maximum Gasteiger partial charge on any atom is 0.246 e. The van der Waals surface area contributed by atoms with Gasteiger partial charge in [0.25, 0.3) is 0 Å². The number of rotatable bonds is 9. The van der Waals surface area contributed by atoms with Crippen molar-refractivity contribution in [3.05, 3.63) is 99.7 Å². The molecule has 0 aliphatic heterocycles. The topological polar surface area (TPSA) is 74.8 Å². The Morgan fingerprint density at radius 3 is 2.36 bits per heavy atom. The van der Waals surface area contributed by atoms with E-state index < -0.39 is 0 Å². The number of nitrogens with one attached hydrogen (secondary N) is 1. The van der Waals surface area contributed by atoms with Crippen LogP contribution in [-0.4, -0.2) is 44.5 Å². The van der Waals surface area contributed by atoms with E-state index >= 15 is 0 Å². The number of amides is 2. The summed E-state index contributed by atoms with van der Waals surface area (Å²) in [5.41, 5.74) is 4.55. The number of ether oxygens (including phenoxy) is 1. The molecule has 7 nitrogen and oxygen atoms in total. The molecule has 2 amide bonds. The monoisotopic (exact) mass is 648 g/mol. The zero-order valence-corrected chi connectivity index (χ0v) is 26.7. The highest BCUT2D eigenvalue weighted by atomic mass is 35.5. The lowest BCUT2D eigenvalue weighted by molar-refractivity contribution is -0.122. The number of likely N-dealkylation sites (N-methyl/N-ethyl adjacent to an activating group) is 1. The number of nitrogens with zero attached hydrogens (tertiary/aromatic N) is 3. The summed E-state index contributed by atoms with van der Waals surface area (Å²) in [6, 6.07) is 20.7. The van der Waals surface area contributed by atoms with Crippen molar-refractivity contribution in [2.45, 2.75) is 13.5 Å². The second kappa shape index (κ2) is 15.7. The first-order chi connectivity index (χ1) is 19.1. The molecule has 0 aliphatic rings. The standard InChI is InChI=1S/C31H30Cl2N4O3.2ClH/c1-20-8-12-22-6-5-7-27(31(22)35-20)40-19-24-25(32)15-16-26(30(24)33)37(4)29(39)18-34-28(38)17-11-21-9-13-23(14-10-21)36(2)3;;/h5-17H,18-19H2,1-4H3,(H,34,38);2*1H/b17-11+;;. The van der Waals surface area contributed by atoms with Gasteiger partial charge in [-0.05, 0) is 55.0 Å². The average Bonchev–Trinajstić information content (AvgIpc) is 2.94. The van der Waals surface area contributed by atoms with Crippen LogP contribution in [0.15, 0.2) is 72.8 Å². The Bertz CT molecular complexity index is 1580. The van der Waals surface area contributed by atoms with Gasteiger partial charge >= 0.3 is 0 Å². The van der Waals surface area contributed by atoms with Gasteiger partial charge in [0, 0.05) is 54.6 Å². The SMILES string of the molecule is Cc1ccc2cccc(OCc3c(Cl)ccc(N(C)C(=O)CNC(=O)/C=C/c4ccc(N(C)C)cc4)c3Cl)c2n1.Cl.Cl. The fourth-order valence-corrected chi connectivity index (χ4v) is 4.60. The second-order valence-electron chi connectivity index (χ2n) is 9.42. The molecule has 0 unspecified atom stereocenters. The van der Waals surface area contributed by atoms with Crippen LogP contribution in [0.1, 0.15) is 16.8 Å². The molecule has 222 valence electrons. The number of para-hydroxylation sites is 1. The van der Waals surface area contributed by atoms with Crippen LogP contribution in [0.3, 0.4) is 0 Å². The number of aromatic nitrogens is 1. The fraction of sp³-hybridized carbons (Fsp3) is 0.194. The third kappa shape index (κ3) is 8.52. The van der Waals surface area contributed by atoms with Crippen LogP contribution in [0.25, 0.3) is 17.0 Å². The molecule has 42 heavy (non-hydrogen) atoms. The minimum absolute atomic E-state index is 0. The van der Waals surface area contributed by atoms with E-state index in [9.17, 15) is 9.59 Å². The van der Waals surface area contributed by atoms with Crippen LogP contribution >= 0.6 is 48.0 Å². The summed E-state index contributed by atoms with van der Waals surface area (Å²) in [7, 11) is 5.51. The fourth-order valence-electron chi connectivity index (χ4n) is 3.99. The summed E-state index contributed by atoms with van der Waals surface area (Å²) in [5, 5.41) is 4.28. The van der Waals surface area contributed by atoms with Crippen LogP contribution in [0.2, 0.25) is 10.0 Å². The highest BCUT2D eigenvalue weighted by Crippen LogP contribution is 2.35. The van der Waals surface area contributed by atoms with Crippen LogP contribution in [0.5, 0.6) is 5.75 Å². The Morgan fingerprint density at radius 2 is 1.67 bits per heavy atom. The minimum Gasteiger partial charge on any atom is -0.487 e. The number of carbonyl (C=O) groups is 2. The van der Waals surface area contributed by atoms with E-state index in [1.165, 1.54) is 11.0 Å². The van der Waals surface area contributed by atoms with Gasteiger partial charge in [0.1, 0.15) is 17.9 Å². The Hall–Kier alpha value is -3.49. The molecule has 4 rings (SSSR count). The molecule has 0 saturated carbocycles. The highest BCUT2D eigenvalue weighted by Gasteiger charge is 2.19. The zero-order valence-electron chi connectivity index (χ0n) is 23.6. The lowest BCUT2D eigenvalue weighted by Gasteiger charge is -2.21. The molecular formula is C31H32Cl4N4O3. The first-order valence-corrected chi connectivity index (χ1v) is 13.4. The van der Waals surface area contributed by atoms with Gasteiger partial charge in [0.15, 0.2) is 0 Å². The zero-order chi connectivity index (χ0) is 28.8. The summed E-state index contributed by atoms with van der Waals surface area (Å²) < 4.78 is 6.08. The number of carbonyl (C=O) groups excluding carboxylic acids is 2. The maximum absolute atomic E-state index is 12.9. The van der Waals surface area contributed by atoms with E-state index in [1.807, 2.05) is 80.5 Å². The van der Waals surface area contributed by atoms with Gasteiger partial charge in [0.2, 0.25) is 11.8 Å². The van der Waals surface area contributed by atoms with Gasteiger partial charge < -0.3 is 19.9 Å². The van der Waals surface area contributed by atoms with Gasteiger partial charge in [-0.1, -0.05) is 53.5 Å². The molecule has 0 atom stereocenters. The normalized spacial score (nSPS) is 10.5. The third-order valence-corrected chi connectivity index (χ3v) is 7.12. The van der Waals surface area contributed by atoms with Crippen LogP contribution in [0.4, 0.5) is 11.4 Å². The number of anilines is 2. The summed E-state index contributed by atoms with van der Waals surface area (Å²) in [5.74, 6) is -0.122. The number of halogens is 4. The van der Waals surface area contributed by atoms with Gasteiger partial charge in [0.05, 0.1) is 17.3 Å². The van der Waals surface area contributed by atoms with Crippen molar-refractivity contribution in [1.82, 2.24) is 10.3 Å². The second-order valence-corrected chi connectivity index (χ2v) is 10.2. The molecular weight excluding hydrogens is 618 g/mol. The minimum atomic E-state index is -0.381. The molecule has 0 spiro atoms. The number of pyridine rings is 1. The smallest absolute Gasteiger partial charge is 0.246 e. The summed E-state index contributed by atoms with van der Waals surface area (Å²) in [6.07, 6.45) is 3.09. The van der Waals surface area contributed by atoms with E-state index in [-0.39, 0.29) is 49.8 Å². The lowest BCUT2D eigenvalue weighted by Crippen LogP contribution is -2.37. The molecule has 1 aromatic heterocycles. The van der Waals surface area contributed by atoms with Gasteiger partial charge in [-0.2, -0.15) is 0 Å². The van der Waals surface area contributed by atoms with E-state index in [1.54, 1.807) is 25.3 Å². The van der Waals surface area contributed by atoms with Crippen molar-refractivity contribution in [3.8, 4) is 5.75 Å². The maximum atomic E-state index is 12.9. The van der Waals surface area contributed by atoms with Gasteiger partial charge in [-0.3, -0.25) is 9.59 Å².